The number of rotatable bonds is 5. The molecule has 1 N–H and O–H groups in total. The van der Waals surface area contributed by atoms with E-state index in [1.807, 2.05) is 36.1 Å². The van der Waals surface area contributed by atoms with Crippen molar-refractivity contribution in [3.8, 4) is 0 Å². The van der Waals surface area contributed by atoms with Crippen molar-refractivity contribution in [3.63, 3.8) is 0 Å². The minimum absolute atomic E-state index is 0.0482. The fourth-order valence-electron chi connectivity index (χ4n) is 2.07. The van der Waals surface area contributed by atoms with Crippen LogP contribution in [0.1, 0.15) is 38.7 Å². The van der Waals surface area contributed by atoms with Crippen LogP contribution in [-0.2, 0) is 0 Å². The molecule has 0 heterocycles. The molecule has 1 aromatic carbocycles. The van der Waals surface area contributed by atoms with E-state index in [4.69, 9.17) is 0 Å². The molecule has 0 unspecified atom stereocenters. The molecule has 3 nitrogen and oxygen atoms in total. The highest BCUT2D eigenvalue weighted by molar-refractivity contribution is 5.89. The second kappa shape index (κ2) is 6.09. The maximum Gasteiger partial charge on any atom is 0.322 e. The second-order valence-electron chi connectivity index (χ2n) is 5.90. The van der Waals surface area contributed by atoms with Crippen LogP contribution in [0.3, 0.4) is 0 Å². The van der Waals surface area contributed by atoms with E-state index in [-0.39, 0.29) is 6.03 Å². The minimum atomic E-state index is 0.0482. The molecule has 2 rings (SSSR count). The number of nitrogens with zero attached hydrogens (tertiary/aromatic N) is 1. The number of amides is 2. The fourth-order valence-corrected chi connectivity index (χ4v) is 2.07. The zero-order valence-electron chi connectivity index (χ0n) is 12.1. The Labute approximate surface area is 116 Å². The number of benzene rings is 1. The summed E-state index contributed by atoms with van der Waals surface area (Å²) in [5, 5.41) is 3.00. The maximum absolute atomic E-state index is 12.3. The van der Waals surface area contributed by atoms with Gasteiger partial charge in [-0.2, -0.15) is 0 Å². The first-order valence-corrected chi connectivity index (χ1v) is 7.20. The first-order chi connectivity index (χ1) is 9.06. The highest BCUT2D eigenvalue weighted by Crippen LogP contribution is 2.28. The van der Waals surface area contributed by atoms with Gasteiger partial charge in [-0.3, -0.25) is 0 Å². The number of carbonyl (C=O) groups excluding carboxylic acids is 1. The topological polar surface area (TPSA) is 32.3 Å². The molecule has 104 valence electrons. The normalized spacial score (nSPS) is 14.5. The third-order valence-corrected chi connectivity index (χ3v) is 3.50. The van der Waals surface area contributed by atoms with E-state index in [1.54, 1.807) is 0 Å². The molecule has 0 atom stereocenters. The smallest absolute Gasteiger partial charge is 0.322 e. The molecule has 1 aliphatic carbocycles. The van der Waals surface area contributed by atoms with Gasteiger partial charge in [0.1, 0.15) is 0 Å². The Kier molecular flexibility index (Phi) is 4.46. The Morgan fingerprint density at radius 2 is 1.95 bits per heavy atom. The van der Waals surface area contributed by atoms with Gasteiger partial charge in [0, 0.05) is 18.3 Å². The van der Waals surface area contributed by atoms with Gasteiger partial charge in [-0.25, -0.2) is 4.79 Å². The summed E-state index contributed by atoms with van der Waals surface area (Å²) in [4.78, 5) is 14.3. The number of carbonyl (C=O) groups is 1. The lowest BCUT2D eigenvalue weighted by molar-refractivity contribution is 0.205. The molecule has 0 radical (unpaired) electrons. The summed E-state index contributed by atoms with van der Waals surface area (Å²) < 4.78 is 0. The lowest BCUT2D eigenvalue weighted by Gasteiger charge is -2.23. The molecule has 0 aliphatic heterocycles. The summed E-state index contributed by atoms with van der Waals surface area (Å²) in [5.41, 5.74) is 2.09. The molecule has 0 spiro atoms. The predicted octanol–water partition coefficient (Wildman–Crippen LogP) is 4.04. The number of hydrogen-bond donors (Lipinski definition) is 1. The van der Waals surface area contributed by atoms with Gasteiger partial charge in [-0.05, 0) is 44.2 Å². The van der Waals surface area contributed by atoms with E-state index in [0.717, 1.165) is 31.5 Å². The van der Waals surface area contributed by atoms with E-state index >= 15 is 0 Å². The first kappa shape index (κ1) is 13.9. The highest BCUT2D eigenvalue weighted by Gasteiger charge is 2.32. The Hall–Kier alpha value is -1.51. The van der Waals surface area contributed by atoms with Crippen LogP contribution in [0.2, 0.25) is 0 Å². The molecule has 1 saturated carbocycles. The minimum Gasteiger partial charge on any atom is -0.322 e. The maximum atomic E-state index is 12.3. The van der Waals surface area contributed by atoms with Crippen LogP contribution in [0.25, 0.3) is 0 Å². The summed E-state index contributed by atoms with van der Waals surface area (Å²) in [5.74, 6) is 0.633. The standard InChI is InChI=1S/C16H24N2O/c1-12(2)10-11-18(15-8-9-15)16(19)17-14-6-4-13(3)5-7-14/h4-7,12,15H,8-11H2,1-3H3,(H,17,19). The van der Waals surface area contributed by atoms with Gasteiger partial charge in [0.25, 0.3) is 0 Å². The first-order valence-electron chi connectivity index (χ1n) is 7.20. The molecular weight excluding hydrogens is 236 g/mol. The Morgan fingerprint density at radius 1 is 1.32 bits per heavy atom. The van der Waals surface area contributed by atoms with Crippen LogP contribution in [-0.4, -0.2) is 23.5 Å². The number of nitrogens with one attached hydrogen (secondary N) is 1. The van der Waals surface area contributed by atoms with Crippen molar-refractivity contribution in [2.24, 2.45) is 5.92 Å². The van der Waals surface area contributed by atoms with Gasteiger partial charge >= 0.3 is 6.03 Å². The predicted molar refractivity (Wildman–Crippen MR) is 79.4 cm³/mol. The number of aryl methyl sites for hydroxylation is 1. The monoisotopic (exact) mass is 260 g/mol. The lowest BCUT2D eigenvalue weighted by atomic mass is 10.1. The largest absolute Gasteiger partial charge is 0.322 e. The molecule has 19 heavy (non-hydrogen) atoms. The molecule has 0 bridgehead atoms. The van der Waals surface area contributed by atoms with Crippen molar-refractivity contribution >= 4 is 11.7 Å². The third kappa shape index (κ3) is 4.27. The van der Waals surface area contributed by atoms with E-state index in [9.17, 15) is 4.79 Å². The van der Waals surface area contributed by atoms with E-state index in [2.05, 4.69) is 19.2 Å². The second-order valence-corrected chi connectivity index (χ2v) is 5.90. The number of urea groups is 1. The average Bonchev–Trinajstić information content (AvgIpc) is 3.16. The highest BCUT2D eigenvalue weighted by atomic mass is 16.2. The Balaban J connectivity index is 1.93. The van der Waals surface area contributed by atoms with Crippen molar-refractivity contribution < 1.29 is 4.79 Å². The lowest BCUT2D eigenvalue weighted by Crippen LogP contribution is -2.37. The summed E-state index contributed by atoms with van der Waals surface area (Å²) in [6.07, 6.45) is 3.37. The van der Waals surface area contributed by atoms with E-state index < -0.39 is 0 Å². The van der Waals surface area contributed by atoms with E-state index in [0.29, 0.717) is 12.0 Å². The van der Waals surface area contributed by atoms with Crippen molar-refractivity contribution in [1.82, 2.24) is 4.90 Å². The van der Waals surface area contributed by atoms with Gasteiger partial charge in [-0.15, -0.1) is 0 Å². The summed E-state index contributed by atoms with van der Waals surface area (Å²) >= 11 is 0. The average molecular weight is 260 g/mol. The molecule has 1 aromatic rings. The van der Waals surface area contributed by atoms with Gasteiger partial charge in [0.05, 0.1) is 0 Å². The summed E-state index contributed by atoms with van der Waals surface area (Å²) in [6.45, 7) is 7.30. The van der Waals surface area contributed by atoms with Crippen molar-refractivity contribution in [1.29, 1.82) is 0 Å². The van der Waals surface area contributed by atoms with Crippen LogP contribution < -0.4 is 5.32 Å². The Morgan fingerprint density at radius 3 is 2.47 bits per heavy atom. The molecule has 2 amide bonds. The van der Waals surface area contributed by atoms with Gasteiger partial charge < -0.3 is 10.2 Å². The quantitative estimate of drug-likeness (QED) is 0.851. The van der Waals surface area contributed by atoms with Crippen LogP contribution in [0.15, 0.2) is 24.3 Å². The van der Waals surface area contributed by atoms with Crippen LogP contribution in [0.5, 0.6) is 0 Å². The summed E-state index contributed by atoms with van der Waals surface area (Å²) in [6, 6.07) is 8.47. The van der Waals surface area contributed by atoms with Gasteiger partial charge in [0.2, 0.25) is 0 Å². The van der Waals surface area contributed by atoms with Gasteiger partial charge in [-0.1, -0.05) is 31.5 Å². The molecular formula is C16H24N2O. The molecule has 1 fully saturated rings. The fraction of sp³-hybridized carbons (Fsp3) is 0.562. The van der Waals surface area contributed by atoms with Crippen LogP contribution in [0, 0.1) is 12.8 Å². The van der Waals surface area contributed by atoms with Crippen LogP contribution in [0.4, 0.5) is 10.5 Å². The van der Waals surface area contributed by atoms with Crippen molar-refractivity contribution in [3.05, 3.63) is 29.8 Å². The Bertz CT molecular complexity index is 421. The van der Waals surface area contributed by atoms with Gasteiger partial charge in [0.15, 0.2) is 0 Å². The molecule has 1 aliphatic rings. The van der Waals surface area contributed by atoms with Crippen LogP contribution >= 0.6 is 0 Å². The molecule has 0 aromatic heterocycles. The molecule has 0 saturated heterocycles. The SMILES string of the molecule is Cc1ccc(NC(=O)N(CCC(C)C)C2CC2)cc1. The van der Waals surface area contributed by atoms with E-state index in [1.165, 1.54) is 5.56 Å². The third-order valence-electron chi connectivity index (χ3n) is 3.50. The number of anilines is 1. The molecule has 3 heteroatoms. The van der Waals surface area contributed by atoms with Crippen molar-refractivity contribution in [2.45, 2.75) is 46.1 Å². The summed E-state index contributed by atoms with van der Waals surface area (Å²) in [7, 11) is 0. The van der Waals surface area contributed by atoms with Crippen molar-refractivity contribution in [2.75, 3.05) is 11.9 Å². The zero-order chi connectivity index (χ0) is 13.8. The zero-order valence-corrected chi connectivity index (χ0v) is 12.1. The number of hydrogen-bond acceptors (Lipinski definition) is 1.